The number of hydrogen-bond acceptors (Lipinski definition) is 7. The molecule has 0 bridgehead atoms. The highest BCUT2D eigenvalue weighted by molar-refractivity contribution is 7.89. The van der Waals surface area contributed by atoms with Crippen molar-refractivity contribution < 1.29 is 22.9 Å². The Balaban J connectivity index is 1.74. The lowest BCUT2D eigenvalue weighted by molar-refractivity contribution is -0.387. The Morgan fingerprint density at radius 3 is 2.65 bits per heavy atom. The number of nitro benzene ring substituents is 1. The van der Waals surface area contributed by atoms with Crippen LogP contribution in [0, 0.1) is 10.1 Å². The predicted octanol–water partition coefficient (Wildman–Crippen LogP) is 2.81. The van der Waals surface area contributed by atoms with Crippen molar-refractivity contribution >= 4 is 27.0 Å². The van der Waals surface area contributed by atoms with Crippen LogP contribution in [0.3, 0.4) is 0 Å². The van der Waals surface area contributed by atoms with Crippen molar-refractivity contribution in [2.45, 2.75) is 17.5 Å². The maximum atomic E-state index is 12.4. The highest BCUT2D eigenvalue weighted by atomic mass is 32.2. The number of sulfonamides is 1. The summed E-state index contributed by atoms with van der Waals surface area (Å²) in [7, 11) is -4.05. The fourth-order valence-electron chi connectivity index (χ4n) is 2.30. The van der Waals surface area contributed by atoms with Gasteiger partial charge in [0.15, 0.2) is 4.90 Å². The van der Waals surface area contributed by atoms with Crippen LogP contribution in [0.4, 0.5) is 5.69 Å². The van der Waals surface area contributed by atoms with Crippen molar-refractivity contribution in [1.29, 1.82) is 0 Å². The first-order chi connectivity index (χ1) is 12.4. The molecule has 1 aromatic carbocycles. The van der Waals surface area contributed by atoms with Gasteiger partial charge in [0, 0.05) is 22.4 Å². The predicted molar refractivity (Wildman–Crippen MR) is 94.2 cm³/mol. The van der Waals surface area contributed by atoms with Crippen molar-refractivity contribution in [1.82, 2.24) is 4.72 Å². The Labute approximate surface area is 152 Å². The first kappa shape index (κ1) is 18.3. The van der Waals surface area contributed by atoms with Crippen LogP contribution < -0.4 is 4.72 Å². The molecule has 2 N–H and O–H groups in total. The summed E-state index contributed by atoms with van der Waals surface area (Å²) in [5.74, 6) is 0.388. The molecule has 10 heteroatoms. The summed E-state index contributed by atoms with van der Waals surface area (Å²) in [6, 6.07) is 11.8. The van der Waals surface area contributed by atoms with Gasteiger partial charge in [-0.25, -0.2) is 13.1 Å². The maximum absolute atomic E-state index is 12.4. The molecule has 0 saturated carbocycles. The Hall–Kier alpha value is -2.53. The monoisotopic (exact) mass is 394 g/mol. The van der Waals surface area contributed by atoms with Gasteiger partial charge >= 0.3 is 0 Å². The Bertz CT molecular complexity index is 1010. The molecule has 0 aliphatic rings. The number of para-hydroxylation sites is 1. The highest BCUT2D eigenvalue weighted by Gasteiger charge is 2.25. The minimum Gasteiger partial charge on any atom is -0.466 e. The van der Waals surface area contributed by atoms with Crippen LogP contribution in [0.15, 0.2) is 64.1 Å². The van der Waals surface area contributed by atoms with Gasteiger partial charge in [0.25, 0.3) is 5.69 Å². The van der Waals surface area contributed by atoms with Crippen molar-refractivity contribution in [2.24, 2.45) is 0 Å². The summed E-state index contributed by atoms with van der Waals surface area (Å²) in [5.41, 5.74) is -0.486. The Morgan fingerprint density at radius 2 is 1.96 bits per heavy atom. The van der Waals surface area contributed by atoms with Crippen LogP contribution in [0.2, 0.25) is 0 Å². The van der Waals surface area contributed by atoms with Gasteiger partial charge in [0.1, 0.15) is 11.9 Å². The number of furan rings is 1. The summed E-state index contributed by atoms with van der Waals surface area (Å²) < 4.78 is 32.3. The van der Waals surface area contributed by atoms with Gasteiger partial charge in [-0.15, -0.1) is 11.3 Å². The topological polar surface area (TPSA) is 123 Å². The lowest BCUT2D eigenvalue weighted by Gasteiger charge is -2.06. The van der Waals surface area contributed by atoms with Crippen LogP contribution in [0.1, 0.15) is 21.6 Å². The van der Waals surface area contributed by atoms with Gasteiger partial charge < -0.3 is 9.52 Å². The fourth-order valence-corrected chi connectivity index (χ4v) is 4.52. The lowest BCUT2D eigenvalue weighted by atomic mass is 10.2. The maximum Gasteiger partial charge on any atom is 0.289 e. The lowest BCUT2D eigenvalue weighted by Crippen LogP contribution is -2.23. The first-order valence-electron chi connectivity index (χ1n) is 7.41. The molecule has 26 heavy (non-hydrogen) atoms. The second-order valence-corrected chi connectivity index (χ2v) is 8.21. The molecule has 0 fully saturated rings. The Morgan fingerprint density at radius 1 is 1.19 bits per heavy atom. The number of hydrogen-bond donors (Lipinski definition) is 2. The zero-order valence-corrected chi connectivity index (χ0v) is 14.9. The van der Waals surface area contributed by atoms with Gasteiger partial charge in [-0.05, 0) is 30.3 Å². The van der Waals surface area contributed by atoms with E-state index < -0.39 is 31.6 Å². The van der Waals surface area contributed by atoms with Crippen molar-refractivity contribution in [3.8, 4) is 0 Å². The Kier molecular flexibility index (Phi) is 5.18. The van der Waals surface area contributed by atoms with E-state index in [0.29, 0.717) is 15.5 Å². The molecule has 1 unspecified atom stereocenters. The van der Waals surface area contributed by atoms with E-state index in [2.05, 4.69) is 4.72 Å². The first-order valence-corrected chi connectivity index (χ1v) is 9.71. The van der Waals surface area contributed by atoms with Crippen LogP contribution in [-0.4, -0.2) is 18.4 Å². The summed E-state index contributed by atoms with van der Waals surface area (Å²) in [5, 5.41) is 21.2. The zero-order chi connectivity index (χ0) is 18.7. The average Bonchev–Trinajstić information content (AvgIpc) is 3.31. The van der Waals surface area contributed by atoms with Crippen LogP contribution in [-0.2, 0) is 16.6 Å². The minimum absolute atomic E-state index is 0.0517. The number of aliphatic hydroxyl groups excluding tert-OH is 1. The molecule has 8 nitrogen and oxygen atoms in total. The van der Waals surface area contributed by atoms with Crippen molar-refractivity contribution in [3.05, 3.63) is 80.4 Å². The molecule has 0 aliphatic heterocycles. The van der Waals surface area contributed by atoms with E-state index >= 15 is 0 Å². The van der Waals surface area contributed by atoms with Gasteiger partial charge in [0.2, 0.25) is 10.0 Å². The van der Waals surface area contributed by atoms with Crippen LogP contribution in [0.25, 0.3) is 0 Å². The number of nitro groups is 1. The quantitative estimate of drug-likeness (QED) is 0.469. The normalized spacial score (nSPS) is 12.8. The largest absolute Gasteiger partial charge is 0.466 e. The van der Waals surface area contributed by atoms with Gasteiger partial charge in [-0.1, -0.05) is 12.1 Å². The molecule has 1 atom stereocenters. The van der Waals surface area contributed by atoms with E-state index in [0.717, 1.165) is 6.07 Å². The molecule has 3 aromatic rings. The van der Waals surface area contributed by atoms with E-state index in [4.69, 9.17) is 4.42 Å². The number of benzene rings is 1. The average molecular weight is 394 g/mol. The summed E-state index contributed by atoms with van der Waals surface area (Å²) in [6.07, 6.45) is 0.518. The third-order valence-corrected chi connectivity index (χ3v) is 6.14. The molecule has 2 heterocycles. The number of nitrogens with one attached hydrogen (secondary N) is 1. The van der Waals surface area contributed by atoms with Gasteiger partial charge in [-0.2, -0.15) is 0 Å². The number of rotatable bonds is 7. The molecule has 0 saturated heterocycles. The summed E-state index contributed by atoms with van der Waals surface area (Å²) >= 11 is 1.21. The number of nitrogens with zero attached hydrogens (tertiary/aromatic N) is 1. The van der Waals surface area contributed by atoms with E-state index in [1.807, 2.05) is 0 Å². The van der Waals surface area contributed by atoms with E-state index in [1.165, 1.54) is 35.8 Å². The second-order valence-electron chi connectivity index (χ2n) is 5.27. The standard InChI is InChI=1S/C16H14N2O6S2/c19-16(13-5-3-9-24-13)14-8-7-11(25-14)10-17-26(22,23)15-6-2-1-4-12(15)18(20)21/h1-9,16-17,19H,10H2. The SMILES string of the molecule is O=[N+]([O-])c1ccccc1S(=O)(=O)NCc1ccc(C(O)c2ccco2)s1. The molecule has 0 radical (unpaired) electrons. The third kappa shape index (κ3) is 3.83. The molecule has 0 amide bonds. The van der Waals surface area contributed by atoms with E-state index in [1.54, 1.807) is 24.3 Å². The van der Waals surface area contributed by atoms with Crippen molar-refractivity contribution in [3.63, 3.8) is 0 Å². The van der Waals surface area contributed by atoms with E-state index in [-0.39, 0.29) is 6.54 Å². The smallest absolute Gasteiger partial charge is 0.289 e. The molecule has 3 rings (SSSR count). The molecular weight excluding hydrogens is 380 g/mol. The highest BCUT2D eigenvalue weighted by Crippen LogP contribution is 2.29. The summed E-state index contributed by atoms with van der Waals surface area (Å²) in [6.45, 7) is -0.0517. The number of aliphatic hydroxyl groups is 1. The van der Waals surface area contributed by atoms with Crippen LogP contribution in [0.5, 0.6) is 0 Å². The molecule has 0 aliphatic carbocycles. The number of thiophene rings is 1. The second kappa shape index (κ2) is 7.38. The minimum atomic E-state index is -4.05. The fraction of sp³-hybridized carbons (Fsp3) is 0.125. The molecule has 0 spiro atoms. The van der Waals surface area contributed by atoms with Crippen LogP contribution >= 0.6 is 11.3 Å². The zero-order valence-electron chi connectivity index (χ0n) is 13.2. The van der Waals surface area contributed by atoms with Gasteiger partial charge in [0.05, 0.1) is 11.2 Å². The summed E-state index contributed by atoms with van der Waals surface area (Å²) in [4.78, 5) is 11.1. The van der Waals surface area contributed by atoms with Gasteiger partial charge in [-0.3, -0.25) is 10.1 Å². The third-order valence-electron chi connectivity index (χ3n) is 3.55. The molecule has 2 aromatic heterocycles. The van der Waals surface area contributed by atoms with E-state index in [9.17, 15) is 23.6 Å². The van der Waals surface area contributed by atoms with Crippen molar-refractivity contribution in [2.75, 3.05) is 0 Å². The molecule has 136 valence electrons. The molecular formula is C16H14N2O6S2.